The topological polar surface area (TPSA) is 31.4 Å². The highest BCUT2D eigenvalue weighted by Gasteiger charge is 2.20. The van der Waals surface area contributed by atoms with Crippen LogP contribution in [0.15, 0.2) is 11.6 Å². The molecule has 0 amide bonds. The Balaban J connectivity index is 1.32. The van der Waals surface area contributed by atoms with Crippen molar-refractivity contribution >= 4 is 16.5 Å². The summed E-state index contributed by atoms with van der Waals surface area (Å²) >= 11 is 1.75. The number of hydrogen-bond donors (Lipinski definition) is 1. The highest BCUT2D eigenvalue weighted by Crippen LogP contribution is 2.23. The van der Waals surface area contributed by atoms with Crippen LogP contribution in [0.2, 0.25) is 0 Å². The number of rotatable bonds is 5. The molecule has 21 heavy (non-hydrogen) atoms. The van der Waals surface area contributed by atoms with E-state index in [1.54, 1.807) is 11.3 Å². The van der Waals surface area contributed by atoms with Crippen molar-refractivity contribution < 1.29 is 0 Å². The number of hydrogen-bond acceptors (Lipinski definition) is 5. The average molecular weight is 308 g/mol. The van der Waals surface area contributed by atoms with Gasteiger partial charge in [0.1, 0.15) is 0 Å². The Morgan fingerprint density at radius 1 is 1.29 bits per heavy atom. The quantitative estimate of drug-likeness (QED) is 0.905. The molecule has 0 spiro atoms. The first-order chi connectivity index (χ1) is 10.3. The van der Waals surface area contributed by atoms with E-state index in [1.807, 2.05) is 6.20 Å². The van der Waals surface area contributed by atoms with Crippen LogP contribution in [-0.4, -0.2) is 55.2 Å². The molecular formula is C16H28N4S. The molecule has 1 aromatic rings. The monoisotopic (exact) mass is 308 g/mol. The van der Waals surface area contributed by atoms with E-state index in [0.717, 1.165) is 31.6 Å². The van der Waals surface area contributed by atoms with Gasteiger partial charge in [0.15, 0.2) is 5.13 Å². The molecule has 1 saturated heterocycles. The van der Waals surface area contributed by atoms with E-state index in [4.69, 9.17) is 0 Å². The second kappa shape index (κ2) is 7.56. The average Bonchev–Trinajstić information content (AvgIpc) is 3.02. The summed E-state index contributed by atoms with van der Waals surface area (Å²) < 4.78 is 0. The lowest BCUT2D eigenvalue weighted by Gasteiger charge is -2.35. The summed E-state index contributed by atoms with van der Waals surface area (Å²) in [4.78, 5) is 9.41. The molecule has 2 fully saturated rings. The predicted molar refractivity (Wildman–Crippen MR) is 90.2 cm³/mol. The van der Waals surface area contributed by atoms with Crippen LogP contribution < -0.4 is 10.2 Å². The van der Waals surface area contributed by atoms with Crippen LogP contribution in [0.5, 0.6) is 0 Å². The summed E-state index contributed by atoms with van der Waals surface area (Å²) in [5.41, 5.74) is 0. The van der Waals surface area contributed by atoms with Crippen molar-refractivity contribution in [1.82, 2.24) is 15.2 Å². The zero-order chi connectivity index (χ0) is 14.5. The van der Waals surface area contributed by atoms with Crippen molar-refractivity contribution in [2.24, 2.45) is 5.92 Å². The highest BCUT2D eigenvalue weighted by molar-refractivity contribution is 7.13. The van der Waals surface area contributed by atoms with E-state index >= 15 is 0 Å². The number of piperazine rings is 1. The van der Waals surface area contributed by atoms with Gasteiger partial charge in [-0.2, -0.15) is 0 Å². The Morgan fingerprint density at radius 2 is 2.14 bits per heavy atom. The van der Waals surface area contributed by atoms with Gasteiger partial charge < -0.3 is 10.2 Å². The smallest absolute Gasteiger partial charge is 0.185 e. The third kappa shape index (κ3) is 4.41. The van der Waals surface area contributed by atoms with Crippen molar-refractivity contribution in [2.45, 2.75) is 38.6 Å². The minimum absolute atomic E-state index is 0.769. The number of nitrogens with one attached hydrogen (secondary N) is 1. The third-order valence-electron chi connectivity index (χ3n) is 4.86. The zero-order valence-corrected chi connectivity index (χ0v) is 13.9. The second-order valence-electron chi connectivity index (χ2n) is 6.57. The van der Waals surface area contributed by atoms with Gasteiger partial charge in [-0.3, -0.25) is 4.90 Å². The van der Waals surface area contributed by atoms with Gasteiger partial charge in [-0.15, -0.1) is 11.3 Å². The van der Waals surface area contributed by atoms with E-state index in [2.05, 4.69) is 32.4 Å². The van der Waals surface area contributed by atoms with Crippen LogP contribution in [0.3, 0.4) is 0 Å². The number of aromatic nitrogens is 1. The van der Waals surface area contributed by atoms with E-state index in [-0.39, 0.29) is 0 Å². The largest absolute Gasteiger partial charge is 0.346 e. The van der Waals surface area contributed by atoms with Crippen LogP contribution in [0, 0.1) is 5.92 Å². The van der Waals surface area contributed by atoms with E-state index < -0.39 is 0 Å². The molecule has 2 aliphatic rings. The van der Waals surface area contributed by atoms with Crippen molar-refractivity contribution in [3.05, 3.63) is 11.6 Å². The summed E-state index contributed by atoms with van der Waals surface area (Å²) in [5, 5.41) is 7.02. The first-order valence-corrected chi connectivity index (χ1v) is 9.29. The fourth-order valence-electron chi connectivity index (χ4n) is 3.58. The van der Waals surface area contributed by atoms with Gasteiger partial charge in [0.2, 0.25) is 0 Å². The standard InChI is InChI=1S/C16H28N4S/c1-14-3-2-4-15(13-14)17-5-7-19-8-10-20(11-9-19)16-18-6-12-21-16/h6,12,14-15,17H,2-5,7-11,13H2,1H3. The molecule has 2 unspecified atom stereocenters. The molecule has 0 aromatic carbocycles. The molecule has 4 nitrogen and oxygen atoms in total. The maximum Gasteiger partial charge on any atom is 0.185 e. The van der Waals surface area contributed by atoms with Crippen molar-refractivity contribution in [1.29, 1.82) is 0 Å². The summed E-state index contributed by atoms with van der Waals surface area (Å²) in [5.74, 6) is 0.915. The van der Waals surface area contributed by atoms with E-state index in [0.29, 0.717) is 0 Å². The Bertz CT molecular complexity index is 400. The molecule has 1 N–H and O–H groups in total. The van der Waals surface area contributed by atoms with E-state index in [9.17, 15) is 0 Å². The van der Waals surface area contributed by atoms with Crippen LogP contribution >= 0.6 is 11.3 Å². The molecule has 1 aliphatic carbocycles. The van der Waals surface area contributed by atoms with Gasteiger partial charge in [0.05, 0.1) is 0 Å². The first-order valence-electron chi connectivity index (χ1n) is 8.41. The summed E-state index contributed by atoms with van der Waals surface area (Å²) in [6.07, 6.45) is 7.49. The minimum atomic E-state index is 0.769. The Kier molecular flexibility index (Phi) is 5.49. The van der Waals surface area contributed by atoms with Gasteiger partial charge >= 0.3 is 0 Å². The number of anilines is 1. The maximum atomic E-state index is 4.41. The van der Waals surface area contributed by atoms with Gasteiger partial charge in [-0.25, -0.2) is 4.98 Å². The Hall–Kier alpha value is -0.650. The highest BCUT2D eigenvalue weighted by atomic mass is 32.1. The Morgan fingerprint density at radius 3 is 2.86 bits per heavy atom. The van der Waals surface area contributed by atoms with E-state index in [1.165, 1.54) is 50.4 Å². The van der Waals surface area contributed by atoms with Crippen LogP contribution in [0.25, 0.3) is 0 Å². The summed E-state index contributed by atoms with van der Waals surface area (Å²) in [6, 6.07) is 0.769. The van der Waals surface area contributed by atoms with Crippen molar-refractivity contribution in [3.8, 4) is 0 Å². The zero-order valence-electron chi connectivity index (χ0n) is 13.1. The predicted octanol–water partition coefficient (Wildman–Crippen LogP) is 2.43. The lowest BCUT2D eigenvalue weighted by atomic mass is 9.87. The lowest BCUT2D eigenvalue weighted by Crippen LogP contribution is -2.49. The first kappa shape index (κ1) is 15.3. The van der Waals surface area contributed by atoms with Crippen LogP contribution in [-0.2, 0) is 0 Å². The molecule has 2 atom stereocenters. The normalized spacial score (nSPS) is 28.0. The van der Waals surface area contributed by atoms with Gasteiger partial charge in [0.25, 0.3) is 0 Å². The lowest BCUT2D eigenvalue weighted by molar-refractivity contribution is 0.240. The maximum absolute atomic E-state index is 4.41. The number of thiazole rings is 1. The molecule has 0 bridgehead atoms. The Labute approximate surface area is 132 Å². The minimum Gasteiger partial charge on any atom is -0.346 e. The fourth-order valence-corrected chi connectivity index (χ4v) is 4.28. The molecule has 5 heteroatoms. The van der Waals surface area contributed by atoms with Crippen LogP contribution in [0.1, 0.15) is 32.6 Å². The molecule has 2 heterocycles. The van der Waals surface area contributed by atoms with Crippen molar-refractivity contribution in [3.63, 3.8) is 0 Å². The second-order valence-corrected chi connectivity index (χ2v) is 7.44. The SMILES string of the molecule is CC1CCCC(NCCN2CCN(c3nccs3)CC2)C1. The van der Waals surface area contributed by atoms with Gasteiger partial charge in [0, 0.05) is 56.9 Å². The molecule has 3 rings (SSSR count). The molecule has 118 valence electrons. The molecular weight excluding hydrogens is 280 g/mol. The molecule has 1 saturated carbocycles. The number of nitrogens with zero attached hydrogens (tertiary/aromatic N) is 3. The summed E-state index contributed by atoms with van der Waals surface area (Å²) in [6.45, 7) is 9.31. The summed E-state index contributed by atoms with van der Waals surface area (Å²) in [7, 11) is 0. The van der Waals surface area contributed by atoms with Gasteiger partial charge in [-0.1, -0.05) is 19.8 Å². The van der Waals surface area contributed by atoms with Crippen molar-refractivity contribution in [2.75, 3.05) is 44.2 Å². The molecule has 1 aromatic heterocycles. The third-order valence-corrected chi connectivity index (χ3v) is 5.69. The van der Waals surface area contributed by atoms with Gasteiger partial charge in [-0.05, 0) is 18.8 Å². The molecule has 1 aliphatic heterocycles. The van der Waals surface area contributed by atoms with Crippen LogP contribution in [0.4, 0.5) is 5.13 Å². The molecule has 0 radical (unpaired) electrons. The fraction of sp³-hybridized carbons (Fsp3) is 0.812.